The number of nitrogens with zero attached hydrogens (tertiary/aromatic N) is 1. The number of rotatable bonds is 5. The van der Waals surface area contributed by atoms with Gasteiger partial charge in [-0.25, -0.2) is 0 Å². The normalized spacial score (nSPS) is 14.8. The van der Waals surface area contributed by atoms with Crippen molar-refractivity contribution in [2.45, 2.75) is 26.2 Å². The number of hydrogen-bond acceptors (Lipinski definition) is 3. The molecule has 104 valence electrons. The number of ether oxygens (including phenoxy) is 1. The van der Waals surface area contributed by atoms with Crippen molar-refractivity contribution in [1.29, 1.82) is 0 Å². The van der Waals surface area contributed by atoms with Crippen molar-refractivity contribution in [3.8, 4) is 5.75 Å². The number of para-hydroxylation sites is 1. The number of nitrogens with two attached hydrogens (primary N) is 1. The molecule has 1 saturated carbocycles. The van der Waals surface area contributed by atoms with Gasteiger partial charge in [0.2, 0.25) is 0 Å². The zero-order valence-electron chi connectivity index (χ0n) is 11.7. The zero-order chi connectivity index (χ0) is 13.8. The van der Waals surface area contributed by atoms with Crippen LogP contribution in [0.4, 0.5) is 5.69 Å². The molecule has 2 rings (SSSR count). The van der Waals surface area contributed by atoms with E-state index in [9.17, 15) is 4.79 Å². The van der Waals surface area contributed by atoms with E-state index in [1.54, 1.807) is 25.3 Å². The summed E-state index contributed by atoms with van der Waals surface area (Å²) in [5, 5.41) is 0. The van der Waals surface area contributed by atoms with E-state index in [1.165, 1.54) is 19.3 Å². The van der Waals surface area contributed by atoms with E-state index < -0.39 is 0 Å². The molecule has 0 aliphatic heterocycles. The fourth-order valence-electron chi connectivity index (χ4n) is 2.42. The number of carbonyl (C=O) groups excluding carboxylic acids is 1. The summed E-state index contributed by atoms with van der Waals surface area (Å²) >= 11 is 0. The van der Waals surface area contributed by atoms with E-state index >= 15 is 0 Å². The highest BCUT2D eigenvalue weighted by Crippen LogP contribution is 2.29. The first-order valence-corrected chi connectivity index (χ1v) is 6.89. The minimum absolute atomic E-state index is 0.00537. The minimum atomic E-state index is 0.00537. The average molecular weight is 262 g/mol. The predicted molar refractivity (Wildman–Crippen MR) is 76.3 cm³/mol. The van der Waals surface area contributed by atoms with Crippen molar-refractivity contribution in [3.63, 3.8) is 0 Å². The first-order chi connectivity index (χ1) is 9.17. The summed E-state index contributed by atoms with van der Waals surface area (Å²) in [6.45, 7) is 3.56. The topological polar surface area (TPSA) is 55.6 Å². The Bertz CT molecular complexity index is 455. The molecule has 1 aromatic rings. The molecule has 1 amide bonds. The molecule has 0 unspecified atom stereocenters. The predicted octanol–water partition coefficient (Wildman–Crippen LogP) is 2.54. The fourth-order valence-corrected chi connectivity index (χ4v) is 2.42. The molecule has 4 nitrogen and oxygen atoms in total. The average Bonchev–Trinajstić information content (AvgIpc) is 2.37. The van der Waals surface area contributed by atoms with Crippen LogP contribution in [0.15, 0.2) is 18.2 Å². The lowest BCUT2D eigenvalue weighted by Crippen LogP contribution is -2.37. The SMILES string of the molecule is CCN(CC1CCC1)C(=O)c1cccc(OC)c1N. The molecule has 1 aromatic carbocycles. The van der Waals surface area contributed by atoms with Gasteiger partial charge < -0.3 is 15.4 Å². The van der Waals surface area contributed by atoms with Crippen LogP contribution < -0.4 is 10.5 Å². The third-order valence-electron chi connectivity index (χ3n) is 3.89. The van der Waals surface area contributed by atoms with Gasteiger partial charge in [-0.05, 0) is 37.8 Å². The van der Waals surface area contributed by atoms with E-state index in [0.29, 0.717) is 29.5 Å². The summed E-state index contributed by atoms with van der Waals surface area (Å²) in [6, 6.07) is 5.34. The highest BCUT2D eigenvalue weighted by molar-refractivity contribution is 6.00. The Morgan fingerprint density at radius 1 is 1.47 bits per heavy atom. The van der Waals surface area contributed by atoms with Gasteiger partial charge in [-0.2, -0.15) is 0 Å². The number of amides is 1. The molecule has 4 heteroatoms. The minimum Gasteiger partial charge on any atom is -0.495 e. The number of hydrogen-bond donors (Lipinski definition) is 1. The van der Waals surface area contributed by atoms with Gasteiger partial charge in [0.25, 0.3) is 5.91 Å². The van der Waals surface area contributed by atoms with Crippen LogP contribution in [0, 0.1) is 5.92 Å². The second-order valence-corrected chi connectivity index (χ2v) is 5.06. The molecular weight excluding hydrogens is 240 g/mol. The third-order valence-corrected chi connectivity index (χ3v) is 3.89. The molecule has 0 spiro atoms. The van der Waals surface area contributed by atoms with Crippen LogP contribution in [0.1, 0.15) is 36.5 Å². The Morgan fingerprint density at radius 2 is 2.21 bits per heavy atom. The highest BCUT2D eigenvalue weighted by Gasteiger charge is 2.24. The molecule has 0 saturated heterocycles. The Morgan fingerprint density at radius 3 is 2.74 bits per heavy atom. The van der Waals surface area contributed by atoms with Crippen molar-refractivity contribution in [3.05, 3.63) is 23.8 Å². The standard InChI is InChI=1S/C15H22N2O2/c1-3-17(10-11-6-4-7-11)15(18)12-8-5-9-13(19-2)14(12)16/h5,8-9,11H,3-4,6-7,10,16H2,1-2H3. The van der Waals surface area contributed by atoms with E-state index in [4.69, 9.17) is 10.5 Å². The molecule has 1 aliphatic carbocycles. The number of benzene rings is 1. The first-order valence-electron chi connectivity index (χ1n) is 6.89. The maximum Gasteiger partial charge on any atom is 0.256 e. The van der Waals surface area contributed by atoms with Crippen LogP contribution in [-0.2, 0) is 0 Å². The smallest absolute Gasteiger partial charge is 0.256 e. The van der Waals surface area contributed by atoms with Crippen molar-refractivity contribution >= 4 is 11.6 Å². The van der Waals surface area contributed by atoms with Gasteiger partial charge in [-0.3, -0.25) is 4.79 Å². The van der Waals surface area contributed by atoms with Gasteiger partial charge in [0.1, 0.15) is 5.75 Å². The molecule has 1 fully saturated rings. The Kier molecular flexibility index (Phi) is 4.30. The van der Waals surface area contributed by atoms with E-state index in [1.807, 2.05) is 11.8 Å². The lowest BCUT2D eigenvalue weighted by molar-refractivity contribution is 0.0707. The van der Waals surface area contributed by atoms with Gasteiger partial charge in [0.15, 0.2) is 0 Å². The van der Waals surface area contributed by atoms with Crippen LogP contribution in [0.25, 0.3) is 0 Å². The van der Waals surface area contributed by atoms with Gasteiger partial charge in [-0.15, -0.1) is 0 Å². The van der Waals surface area contributed by atoms with Gasteiger partial charge >= 0.3 is 0 Å². The van der Waals surface area contributed by atoms with Crippen LogP contribution in [-0.4, -0.2) is 31.0 Å². The second kappa shape index (κ2) is 5.95. The third kappa shape index (κ3) is 2.83. The summed E-state index contributed by atoms with van der Waals surface area (Å²) < 4.78 is 5.17. The quantitative estimate of drug-likeness (QED) is 0.830. The molecule has 0 radical (unpaired) electrons. The summed E-state index contributed by atoms with van der Waals surface area (Å²) in [6.07, 6.45) is 3.76. The lowest BCUT2D eigenvalue weighted by atomic mass is 9.85. The van der Waals surface area contributed by atoms with E-state index in [-0.39, 0.29) is 5.91 Å². The molecule has 0 atom stereocenters. The Balaban J connectivity index is 2.16. The summed E-state index contributed by atoms with van der Waals surface area (Å²) in [4.78, 5) is 14.4. The molecule has 1 aliphatic rings. The van der Waals surface area contributed by atoms with Gasteiger partial charge in [0.05, 0.1) is 18.4 Å². The van der Waals surface area contributed by atoms with Crippen molar-refractivity contribution < 1.29 is 9.53 Å². The maximum atomic E-state index is 12.5. The number of anilines is 1. The van der Waals surface area contributed by atoms with E-state index in [2.05, 4.69) is 0 Å². The monoisotopic (exact) mass is 262 g/mol. The van der Waals surface area contributed by atoms with Gasteiger partial charge in [-0.1, -0.05) is 12.5 Å². The number of methoxy groups -OCH3 is 1. The molecule has 2 N–H and O–H groups in total. The second-order valence-electron chi connectivity index (χ2n) is 5.06. The fraction of sp³-hybridized carbons (Fsp3) is 0.533. The largest absolute Gasteiger partial charge is 0.495 e. The van der Waals surface area contributed by atoms with Crippen molar-refractivity contribution in [2.24, 2.45) is 5.92 Å². The molecular formula is C15H22N2O2. The van der Waals surface area contributed by atoms with Crippen molar-refractivity contribution in [1.82, 2.24) is 4.90 Å². The zero-order valence-corrected chi connectivity index (χ0v) is 11.7. The lowest BCUT2D eigenvalue weighted by Gasteiger charge is -2.32. The van der Waals surface area contributed by atoms with Crippen LogP contribution in [0.2, 0.25) is 0 Å². The number of nitrogen functional groups attached to an aromatic ring is 1. The molecule has 0 heterocycles. The number of carbonyl (C=O) groups is 1. The van der Waals surface area contributed by atoms with Crippen LogP contribution in [0.5, 0.6) is 5.75 Å². The summed E-state index contributed by atoms with van der Waals surface area (Å²) in [7, 11) is 1.56. The summed E-state index contributed by atoms with van der Waals surface area (Å²) in [5.41, 5.74) is 6.97. The molecule has 0 aromatic heterocycles. The highest BCUT2D eigenvalue weighted by atomic mass is 16.5. The molecule has 0 bridgehead atoms. The van der Waals surface area contributed by atoms with Crippen molar-refractivity contribution in [2.75, 3.05) is 25.9 Å². The molecule has 19 heavy (non-hydrogen) atoms. The maximum absolute atomic E-state index is 12.5. The van der Waals surface area contributed by atoms with Crippen LogP contribution in [0.3, 0.4) is 0 Å². The first kappa shape index (κ1) is 13.7. The Hall–Kier alpha value is -1.71. The van der Waals surface area contributed by atoms with E-state index in [0.717, 1.165) is 6.54 Å². The van der Waals surface area contributed by atoms with Gasteiger partial charge in [0, 0.05) is 13.1 Å². The Labute approximate surface area is 114 Å². The summed E-state index contributed by atoms with van der Waals surface area (Å²) in [5.74, 6) is 1.23. The van der Waals surface area contributed by atoms with Crippen LogP contribution >= 0.6 is 0 Å².